The number of ether oxygens (including phenoxy) is 1. The molecule has 5 aromatic rings. The van der Waals surface area contributed by atoms with Crippen molar-refractivity contribution in [3.63, 3.8) is 0 Å². The average Bonchev–Trinajstić information content (AvgIpc) is 3.25. The summed E-state index contributed by atoms with van der Waals surface area (Å²) in [5.41, 5.74) is 2.96. The van der Waals surface area contributed by atoms with Gasteiger partial charge in [0.05, 0.1) is 15.6 Å². The summed E-state index contributed by atoms with van der Waals surface area (Å²) in [5.74, 6) is 0.589. The van der Waals surface area contributed by atoms with Gasteiger partial charge in [-0.15, -0.1) is 0 Å². The van der Waals surface area contributed by atoms with E-state index in [1.807, 2.05) is 30.3 Å². The molecular formula is C23H13Cl3N2O2S. The van der Waals surface area contributed by atoms with Crippen LogP contribution >= 0.6 is 46.1 Å². The number of nitrogens with zero attached hydrogens (tertiary/aromatic N) is 2. The third kappa shape index (κ3) is 3.90. The molecule has 8 heteroatoms. The summed E-state index contributed by atoms with van der Waals surface area (Å²) < 4.78 is 8.18. The van der Waals surface area contributed by atoms with Crippen molar-refractivity contribution in [2.75, 3.05) is 0 Å². The number of para-hydroxylation sites is 2. The van der Waals surface area contributed by atoms with Crippen LogP contribution < -0.4 is 14.8 Å². The molecule has 0 saturated heterocycles. The molecule has 2 aromatic heterocycles. The van der Waals surface area contributed by atoms with Gasteiger partial charge < -0.3 is 4.74 Å². The number of imidazole rings is 1. The summed E-state index contributed by atoms with van der Waals surface area (Å²) >= 11 is 19.8. The maximum Gasteiger partial charge on any atom is 0.274 e. The lowest BCUT2D eigenvalue weighted by molar-refractivity contribution is 0.305. The average molecular weight is 488 g/mol. The fourth-order valence-electron chi connectivity index (χ4n) is 3.31. The Morgan fingerprint density at radius 1 is 1.00 bits per heavy atom. The molecule has 3 aromatic carbocycles. The molecule has 0 unspecified atom stereocenters. The molecule has 0 aliphatic rings. The third-order valence-electron chi connectivity index (χ3n) is 4.80. The molecule has 0 saturated carbocycles. The summed E-state index contributed by atoms with van der Waals surface area (Å²) in [6.45, 7) is 0.251. The van der Waals surface area contributed by atoms with Gasteiger partial charge >= 0.3 is 0 Å². The van der Waals surface area contributed by atoms with Crippen molar-refractivity contribution >= 4 is 68.2 Å². The Balaban J connectivity index is 1.56. The van der Waals surface area contributed by atoms with E-state index in [-0.39, 0.29) is 12.2 Å². The normalized spacial score (nSPS) is 12.2. The van der Waals surface area contributed by atoms with E-state index in [1.165, 1.54) is 11.3 Å². The standard InChI is InChI=1S/C23H13Cl3N2O2S/c24-15-7-8-20(30-12-13-5-6-16(25)11-17(13)26)14(9-15)10-21-22(29)28-19-4-2-1-3-18(19)27-23(28)31-21/h1-11H,12H2/b21-10+. The van der Waals surface area contributed by atoms with Gasteiger partial charge in [-0.25, -0.2) is 9.38 Å². The Morgan fingerprint density at radius 2 is 1.77 bits per heavy atom. The first kappa shape index (κ1) is 20.3. The molecule has 5 rings (SSSR count). The second-order valence-corrected chi connectivity index (χ2v) is 9.13. The van der Waals surface area contributed by atoms with Crippen molar-refractivity contribution in [1.82, 2.24) is 9.38 Å². The Morgan fingerprint density at radius 3 is 2.61 bits per heavy atom. The Bertz CT molecular complexity index is 1560. The quantitative estimate of drug-likeness (QED) is 0.312. The summed E-state index contributed by atoms with van der Waals surface area (Å²) in [7, 11) is 0. The van der Waals surface area contributed by atoms with Gasteiger partial charge in [0, 0.05) is 26.2 Å². The van der Waals surface area contributed by atoms with E-state index >= 15 is 0 Å². The third-order valence-corrected chi connectivity index (χ3v) is 6.59. The van der Waals surface area contributed by atoms with Crippen LogP contribution in [-0.4, -0.2) is 9.38 Å². The van der Waals surface area contributed by atoms with Crippen LogP contribution in [0.25, 0.3) is 22.1 Å². The first-order valence-electron chi connectivity index (χ1n) is 9.27. The SMILES string of the molecule is O=c1/c(=C\c2cc(Cl)ccc2OCc2ccc(Cl)cc2Cl)sc2nc3ccccc3n12. The van der Waals surface area contributed by atoms with Crippen molar-refractivity contribution in [3.8, 4) is 5.75 Å². The van der Waals surface area contributed by atoms with E-state index in [4.69, 9.17) is 39.5 Å². The maximum absolute atomic E-state index is 13.1. The smallest absolute Gasteiger partial charge is 0.274 e. The monoisotopic (exact) mass is 486 g/mol. The lowest BCUT2D eigenvalue weighted by atomic mass is 10.2. The summed E-state index contributed by atoms with van der Waals surface area (Å²) in [6.07, 6.45) is 1.78. The summed E-state index contributed by atoms with van der Waals surface area (Å²) in [6, 6.07) is 18.1. The Labute approximate surface area is 195 Å². The highest BCUT2D eigenvalue weighted by molar-refractivity contribution is 7.15. The Hall–Kier alpha value is -2.57. The molecule has 0 aliphatic heterocycles. The van der Waals surface area contributed by atoms with Crippen molar-refractivity contribution in [2.24, 2.45) is 0 Å². The molecule has 0 radical (unpaired) electrons. The van der Waals surface area contributed by atoms with E-state index in [0.717, 1.165) is 16.6 Å². The minimum absolute atomic E-state index is 0.125. The molecule has 154 valence electrons. The van der Waals surface area contributed by atoms with Crippen LogP contribution in [-0.2, 0) is 6.61 Å². The van der Waals surface area contributed by atoms with E-state index in [0.29, 0.717) is 35.9 Å². The minimum atomic E-state index is -0.125. The second-order valence-electron chi connectivity index (χ2n) is 6.84. The van der Waals surface area contributed by atoms with Crippen molar-refractivity contribution in [3.05, 3.63) is 102 Å². The van der Waals surface area contributed by atoms with Gasteiger partial charge in [-0.3, -0.25) is 4.79 Å². The highest BCUT2D eigenvalue weighted by Gasteiger charge is 2.12. The van der Waals surface area contributed by atoms with Gasteiger partial charge in [-0.1, -0.05) is 64.3 Å². The van der Waals surface area contributed by atoms with Crippen LogP contribution in [0.3, 0.4) is 0 Å². The van der Waals surface area contributed by atoms with E-state index in [2.05, 4.69) is 4.98 Å². The van der Waals surface area contributed by atoms with Gasteiger partial charge in [0.15, 0.2) is 4.96 Å². The van der Waals surface area contributed by atoms with Gasteiger partial charge in [-0.05, 0) is 48.5 Å². The number of hydrogen-bond acceptors (Lipinski definition) is 4. The maximum atomic E-state index is 13.1. The van der Waals surface area contributed by atoms with Crippen LogP contribution in [0, 0.1) is 0 Å². The van der Waals surface area contributed by atoms with Crippen molar-refractivity contribution in [2.45, 2.75) is 6.61 Å². The molecule has 31 heavy (non-hydrogen) atoms. The fraction of sp³-hybridized carbons (Fsp3) is 0.0435. The van der Waals surface area contributed by atoms with Gasteiger partial charge in [0.2, 0.25) is 0 Å². The van der Waals surface area contributed by atoms with Crippen LogP contribution in [0.2, 0.25) is 15.1 Å². The van der Waals surface area contributed by atoms with Crippen molar-refractivity contribution in [1.29, 1.82) is 0 Å². The molecule has 0 N–H and O–H groups in total. The predicted molar refractivity (Wildman–Crippen MR) is 128 cm³/mol. The number of halogens is 3. The fourth-order valence-corrected chi connectivity index (χ4v) is 4.93. The first-order chi connectivity index (χ1) is 15.0. The number of hydrogen-bond donors (Lipinski definition) is 0. The molecule has 0 amide bonds. The van der Waals surface area contributed by atoms with E-state index < -0.39 is 0 Å². The zero-order chi connectivity index (χ0) is 21.5. The van der Waals surface area contributed by atoms with Crippen LogP contribution in [0.5, 0.6) is 5.75 Å². The van der Waals surface area contributed by atoms with Crippen LogP contribution in [0.15, 0.2) is 65.5 Å². The molecule has 0 fully saturated rings. The molecule has 2 heterocycles. The second kappa shape index (κ2) is 8.17. The van der Waals surface area contributed by atoms with Gasteiger partial charge in [-0.2, -0.15) is 0 Å². The molecular weight excluding hydrogens is 475 g/mol. The van der Waals surface area contributed by atoms with Crippen LogP contribution in [0.4, 0.5) is 0 Å². The lowest BCUT2D eigenvalue weighted by Crippen LogP contribution is -2.22. The number of rotatable bonds is 4. The number of aromatic nitrogens is 2. The summed E-state index contributed by atoms with van der Waals surface area (Å²) in [5, 5.41) is 1.63. The van der Waals surface area contributed by atoms with Crippen LogP contribution in [0.1, 0.15) is 11.1 Å². The number of benzene rings is 3. The molecule has 0 atom stereocenters. The molecule has 0 aliphatic carbocycles. The topological polar surface area (TPSA) is 43.6 Å². The lowest BCUT2D eigenvalue weighted by Gasteiger charge is -2.11. The van der Waals surface area contributed by atoms with Gasteiger partial charge in [0.1, 0.15) is 12.4 Å². The zero-order valence-electron chi connectivity index (χ0n) is 15.8. The zero-order valence-corrected chi connectivity index (χ0v) is 18.9. The minimum Gasteiger partial charge on any atom is -0.488 e. The highest BCUT2D eigenvalue weighted by Crippen LogP contribution is 2.27. The first-order valence-corrected chi connectivity index (χ1v) is 11.2. The van der Waals surface area contributed by atoms with E-state index in [9.17, 15) is 4.79 Å². The number of fused-ring (bicyclic) bond motifs is 3. The number of thiazole rings is 1. The van der Waals surface area contributed by atoms with Gasteiger partial charge in [0.25, 0.3) is 5.56 Å². The van der Waals surface area contributed by atoms with E-state index in [1.54, 1.807) is 40.8 Å². The predicted octanol–water partition coefficient (Wildman–Crippen LogP) is 6.00. The molecule has 0 bridgehead atoms. The Kier molecular flexibility index (Phi) is 5.36. The highest BCUT2D eigenvalue weighted by atomic mass is 35.5. The molecule has 4 nitrogen and oxygen atoms in total. The summed E-state index contributed by atoms with van der Waals surface area (Å²) in [4.78, 5) is 18.3. The van der Waals surface area contributed by atoms with Crippen molar-refractivity contribution < 1.29 is 4.74 Å². The largest absolute Gasteiger partial charge is 0.488 e. The molecule has 0 spiro atoms.